The number of sulfonamides is 1. The average Bonchev–Trinajstić information content (AvgIpc) is 2.33. The maximum absolute atomic E-state index is 13.0. The van der Waals surface area contributed by atoms with Crippen molar-refractivity contribution < 1.29 is 22.7 Å². The normalized spacial score (nSPS) is 13.2. The Bertz CT molecular complexity index is 589. The van der Waals surface area contributed by atoms with Gasteiger partial charge in [-0.1, -0.05) is 0 Å². The van der Waals surface area contributed by atoms with E-state index in [1.807, 2.05) is 0 Å². The zero-order valence-corrected chi connectivity index (χ0v) is 12.7. The number of aryl methyl sites for hydroxylation is 1. The highest BCUT2D eigenvalue weighted by Crippen LogP contribution is 2.17. The topological polar surface area (TPSA) is 83.5 Å². The summed E-state index contributed by atoms with van der Waals surface area (Å²) >= 11 is 1.43. The molecular formula is C12H16FNO4S2. The van der Waals surface area contributed by atoms with Crippen LogP contribution in [-0.2, 0) is 14.8 Å². The molecule has 20 heavy (non-hydrogen) atoms. The average molecular weight is 321 g/mol. The van der Waals surface area contributed by atoms with E-state index in [1.165, 1.54) is 18.7 Å². The highest BCUT2D eigenvalue weighted by molar-refractivity contribution is 7.98. The first kappa shape index (κ1) is 16.9. The Morgan fingerprint density at radius 2 is 2.15 bits per heavy atom. The Morgan fingerprint density at radius 1 is 1.50 bits per heavy atom. The van der Waals surface area contributed by atoms with E-state index in [4.69, 9.17) is 5.11 Å². The molecule has 2 N–H and O–H groups in total. The zero-order chi connectivity index (χ0) is 15.3. The van der Waals surface area contributed by atoms with E-state index in [2.05, 4.69) is 4.72 Å². The molecule has 0 heterocycles. The van der Waals surface area contributed by atoms with Crippen LogP contribution in [0.5, 0.6) is 0 Å². The molecule has 112 valence electrons. The number of carboxylic acids is 1. The monoisotopic (exact) mass is 321 g/mol. The van der Waals surface area contributed by atoms with E-state index < -0.39 is 27.9 Å². The van der Waals surface area contributed by atoms with Crippen molar-refractivity contribution >= 4 is 27.8 Å². The maximum atomic E-state index is 13.0. The Morgan fingerprint density at radius 3 is 2.65 bits per heavy atom. The number of thioether (sulfide) groups is 1. The van der Waals surface area contributed by atoms with Gasteiger partial charge in [0.25, 0.3) is 0 Å². The lowest BCUT2D eigenvalue weighted by Gasteiger charge is -2.15. The lowest BCUT2D eigenvalue weighted by Crippen LogP contribution is -2.41. The minimum Gasteiger partial charge on any atom is -0.480 e. The molecule has 0 fully saturated rings. The van der Waals surface area contributed by atoms with E-state index in [-0.39, 0.29) is 16.9 Å². The molecule has 1 atom stereocenters. The third-order valence-corrected chi connectivity index (χ3v) is 4.91. The molecule has 0 aromatic heterocycles. The lowest BCUT2D eigenvalue weighted by molar-refractivity contribution is -0.139. The summed E-state index contributed by atoms with van der Waals surface area (Å²) in [6, 6.07) is 2.04. The number of hydrogen-bond acceptors (Lipinski definition) is 4. The quantitative estimate of drug-likeness (QED) is 0.797. The van der Waals surface area contributed by atoms with Crippen LogP contribution in [0.25, 0.3) is 0 Å². The van der Waals surface area contributed by atoms with Crippen LogP contribution < -0.4 is 4.72 Å². The molecule has 5 nitrogen and oxygen atoms in total. The van der Waals surface area contributed by atoms with Gasteiger partial charge in [0.1, 0.15) is 11.9 Å². The first-order valence-electron chi connectivity index (χ1n) is 5.78. The van der Waals surface area contributed by atoms with Gasteiger partial charge in [-0.2, -0.15) is 16.5 Å². The zero-order valence-electron chi connectivity index (χ0n) is 11.1. The summed E-state index contributed by atoms with van der Waals surface area (Å²) < 4.78 is 39.4. The lowest BCUT2D eigenvalue weighted by atomic mass is 10.2. The Kier molecular flexibility index (Phi) is 5.97. The molecule has 0 unspecified atom stereocenters. The first-order valence-corrected chi connectivity index (χ1v) is 8.66. The van der Waals surface area contributed by atoms with Crippen LogP contribution in [0, 0.1) is 12.7 Å². The SMILES string of the molecule is CSCC[C@H](NS(=O)(=O)c1ccc(F)cc1C)C(=O)O. The Hall–Kier alpha value is -1.12. The number of halogens is 1. The Labute approximate surface area is 121 Å². The standard InChI is InChI=1S/C12H16FNO4S2/c1-8-7-9(13)3-4-11(8)20(17,18)14-10(12(15)16)5-6-19-2/h3-4,7,10,14H,5-6H2,1-2H3,(H,15,16)/t10-/m0/s1. The van der Waals surface area contributed by atoms with Crippen LogP contribution in [0.4, 0.5) is 4.39 Å². The van der Waals surface area contributed by atoms with Crippen molar-refractivity contribution in [3.63, 3.8) is 0 Å². The molecule has 1 aromatic rings. The van der Waals surface area contributed by atoms with Crippen LogP contribution in [0.2, 0.25) is 0 Å². The molecule has 0 amide bonds. The van der Waals surface area contributed by atoms with Crippen LogP contribution in [-0.4, -0.2) is 37.5 Å². The van der Waals surface area contributed by atoms with Gasteiger partial charge < -0.3 is 5.11 Å². The second kappa shape index (κ2) is 7.05. The molecule has 0 saturated heterocycles. The van der Waals surface area contributed by atoms with Gasteiger partial charge >= 0.3 is 5.97 Å². The molecule has 0 spiro atoms. The molecule has 0 saturated carbocycles. The van der Waals surface area contributed by atoms with Crippen LogP contribution in [0.15, 0.2) is 23.1 Å². The van der Waals surface area contributed by atoms with Gasteiger partial charge in [0.15, 0.2) is 0 Å². The smallest absolute Gasteiger partial charge is 0.321 e. The summed E-state index contributed by atoms with van der Waals surface area (Å²) in [6.45, 7) is 1.45. The molecule has 0 aliphatic carbocycles. The molecule has 8 heteroatoms. The summed E-state index contributed by atoms with van der Waals surface area (Å²) in [5, 5.41) is 9.03. The summed E-state index contributed by atoms with van der Waals surface area (Å²) in [4.78, 5) is 10.9. The molecule has 1 rings (SSSR count). The summed E-state index contributed by atoms with van der Waals surface area (Å²) in [5.41, 5.74) is 0.228. The highest BCUT2D eigenvalue weighted by atomic mass is 32.2. The van der Waals surface area contributed by atoms with Gasteiger partial charge in [-0.05, 0) is 49.1 Å². The van der Waals surface area contributed by atoms with E-state index in [9.17, 15) is 17.6 Å². The minimum atomic E-state index is -3.99. The fourth-order valence-corrected chi connectivity index (χ4v) is 3.56. The van der Waals surface area contributed by atoms with Crippen molar-refractivity contribution in [1.82, 2.24) is 4.72 Å². The third kappa shape index (κ3) is 4.46. The number of rotatable bonds is 7. The van der Waals surface area contributed by atoms with Crippen LogP contribution in [0.3, 0.4) is 0 Å². The van der Waals surface area contributed by atoms with Crippen molar-refractivity contribution in [2.75, 3.05) is 12.0 Å². The Balaban J connectivity index is 3.00. The van der Waals surface area contributed by atoms with Gasteiger partial charge in [-0.25, -0.2) is 12.8 Å². The highest BCUT2D eigenvalue weighted by Gasteiger charge is 2.26. The molecule has 0 radical (unpaired) electrons. The fourth-order valence-electron chi connectivity index (χ4n) is 1.63. The van der Waals surface area contributed by atoms with E-state index in [0.717, 1.165) is 18.2 Å². The predicted molar refractivity (Wildman–Crippen MR) is 75.9 cm³/mol. The van der Waals surface area contributed by atoms with Gasteiger partial charge in [0, 0.05) is 0 Å². The summed E-state index contributed by atoms with van der Waals surface area (Å²) in [7, 11) is -3.99. The molecule has 0 aliphatic heterocycles. The largest absolute Gasteiger partial charge is 0.480 e. The molecule has 0 bridgehead atoms. The van der Waals surface area contributed by atoms with Crippen LogP contribution >= 0.6 is 11.8 Å². The van der Waals surface area contributed by atoms with E-state index >= 15 is 0 Å². The maximum Gasteiger partial charge on any atom is 0.321 e. The van der Waals surface area contributed by atoms with Gasteiger partial charge in [-0.15, -0.1) is 0 Å². The van der Waals surface area contributed by atoms with Gasteiger partial charge in [0.05, 0.1) is 4.90 Å². The number of carboxylic acid groups (broad SMARTS) is 1. The molecular weight excluding hydrogens is 305 g/mol. The van der Waals surface area contributed by atoms with Crippen molar-refractivity contribution in [3.05, 3.63) is 29.6 Å². The number of hydrogen-bond donors (Lipinski definition) is 2. The van der Waals surface area contributed by atoms with Crippen LogP contribution in [0.1, 0.15) is 12.0 Å². The summed E-state index contributed by atoms with van der Waals surface area (Å²) in [5.74, 6) is -1.26. The first-order chi connectivity index (χ1) is 9.27. The summed E-state index contributed by atoms with van der Waals surface area (Å²) in [6.07, 6.45) is 1.98. The van der Waals surface area contributed by atoms with E-state index in [0.29, 0.717) is 5.75 Å². The number of benzene rings is 1. The predicted octanol–water partition coefficient (Wildman–Crippen LogP) is 1.62. The number of aliphatic carboxylic acids is 1. The third-order valence-electron chi connectivity index (χ3n) is 2.63. The minimum absolute atomic E-state index is 0.116. The van der Waals surface area contributed by atoms with E-state index in [1.54, 1.807) is 6.26 Å². The molecule has 1 aromatic carbocycles. The second-order valence-electron chi connectivity index (χ2n) is 4.20. The van der Waals surface area contributed by atoms with Gasteiger partial charge in [-0.3, -0.25) is 4.79 Å². The number of carbonyl (C=O) groups is 1. The van der Waals surface area contributed by atoms with Crippen molar-refractivity contribution in [3.8, 4) is 0 Å². The second-order valence-corrected chi connectivity index (χ2v) is 6.87. The fraction of sp³-hybridized carbons (Fsp3) is 0.417. The van der Waals surface area contributed by atoms with Crippen molar-refractivity contribution in [2.24, 2.45) is 0 Å². The van der Waals surface area contributed by atoms with Gasteiger partial charge in [0.2, 0.25) is 10.0 Å². The van der Waals surface area contributed by atoms with Crippen molar-refractivity contribution in [2.45, 2.75) is 24.3 Å². The number of nitrogens with one attached hydrogen (secondary N) is 1. The van der Waals surface area contributed by atoms with Crippen molar-refractivity contribution in [1.29, 1.82) is 0 Å². The molecule has 0 aliphatic rings.